The minimum Gasteiger partial charge on any atom is -0.415 e. The highest BCUT2D eigenvalue weighted by Crippen LogP contribution is 2.32. The van der Waals surface area contributed by atoms with Gasteiger partial charge in [-0.3, -0.25) is 0 Å². The predicted octanol–water partition coefficient (Wildman–Crippen LogP) is 8.66. The molecule has 0 aromatic heterocycles. The van der Waals surface area contributed by atoms with Crippen LogP contribution in [0.15, 0.2) is 0 Å². The van der Waals surface area contributed by atoms with Crippen molar-refractivity contribution in [1.29, 1.82) is 0 Å². The quantitative estimate of drug-likeness (QED) is 0.0480. The Morgan fingerprint density at radius 3 is 0.822 bits per heavy atom. The molecule has 0 fully saturated rings. The Kier molecular flexibility index (Phi) is 27.7. The highest BCUT2D eigenvalue weighted by Gasteiger charge is 2.51. The zero-order chi connectivity index (χ0) is 33.9. The molecule has 9 nitrogen and oxygen atoms in total. The molecule has 0 aliphatic rings. The molecule has 45 heavy (non-hydrogen) atoms. The van der Waals surface area contributed by atoms with Gasteiger partial charge in [0.1, 0.15) is 0 Å². The molecule has 0 saturated carbocycles. The molecule has 0 heterocycles. The van der Waals surface area contributed by atoms with Gasteiger partial charge >= 0.3 is 34.2 Å². The van der Waals surface area contributed by atoms with Crippen molar-refractivity contribution in [3.63, 3.8) is 0 Å². The molecule has 0 radical (unpaired) electrons. The van der Waals surface area contributed by atoms with Gasteiger partial charge in [-0.1, -0.05) is 53.4 Å². The van der Waals surface area contributed by atoms with Crippen LogP contribution in [0.3, 0.4) is 0 Å². The lowest BCUT2D eigenvalue weighted by atomic mass is 10.4. The van der Waals surface area contributed by atoms with Gasteiger partial charge in [0.2, 0.25) is 0 Å². The SMILES string of the molecule is CCCCOCC[Si](C)(OCC)O[Si](C)(CCOCCCC)O[Si](C)(CCOCCCC)O[Si](C)(CCOCCCC)OCC. The number of ether oxygens (including phenoxy) is 4. The summed E-state index contributed by atoms with van der Waals surface area (Å²) in [4.78, 5) is 0. The van der Waals surface area contributed by atoms with E-state index in [1.165, 1.54) is 0 Å². The Morgan fingerprint density at radius 1 is 0.333 bits per heavy atom. The van der Waals surface area contributed by atoms with E-state index in [1.54, 1.807) is 0 Å². The summed E-state index contributed by atoms with van der Waals surface area (Å²) in [6.45, 7) is 28.1. The molecule has 0 bridgehead atoms. The molecule has 272 valence electrons. The maximum atomic E-state index is 7.31. The Bertz CT molecular complexity index is 633. The lowest BCUT2D eigenvalue weighted by molar-refractivity contribution is 0.122. The maximum Gasteiger partial charge on any atom is 0.328 e. The third kappa shape index (κ3) is 23.5. The molecule has 0 saturated heterocycles. The van der Waals surface area contributed by atoms with Crippen molar-refractivity contribution in [2.24, 2.45) is 0 Å². The Hall–Kier alpha value is 0.508. The van der Waals surface area contributed by atoms with E-state index in [1.807, 2.05) is 13.8 Å². The molecular weight excluding hydrogens is 641 g/mol. The fourth-order valence-corrected chi connectivity index (χ4v) is 23.5. The molecule has 0 aromatic carbocycles. The van der Waals surface area contributed by atoms with E-state index in [-0.39, 0.29) is 0 Å². The van der Waals surface area contributed by atoms with Crippen LogP contribution in [0.5, 0.6) is 0 Å². The van der Waals surface area contributed by atoms with Crippen LogP contribution in [-0.4, -0.2) is 100 Å². The molecule has 13 heteroatoms. The van der Waals surface area contributed by atoms with Crippen LogP contribution in [0.1, 0.15) is 92.9 Å². The zero-order valence-electron chi connectivity index (χ0n) is 31.2. The third-order valence-corrected chi connectivity index (χ3v) is 24.2. The number of unbranched alkanes of at least 4 members (excludes halogenated alkanes) is 4. The average molecular weight is 715 g/mol. The lowest BCUT2D eigenvalue weighted by Gasteiger charge is -2.44. The van der Waals surface area contributed by atoms with Crippen molar-refractivity contribution in [1.82, 2.24) is 0 Å². The fraction of sp³-hybridized carbons (Fsp3) is 1.00. The monoisotopic (exact) mass is 714 g/mol. The van der Waals surface area contributed by atoms with Crippen LogP contribution >= 0.6 is 0 Å². The van der Waals surface area contributed by atoms with Gasteiger partial charge in [0.25, 0.3) is 0 Å². The van der Waals surface area contributed by atoms with Crippen molar-refractivity contribution < 1.29 is 40.1 Å². The van der Waals surface area contributed by atoms with Crippen LogP contribution in [0.4, 0.5) is 0 Å². The fourth-order valence-electron chi connectivity index (χ4n) is 4.96. The maximum absolute atomic E-state index is 7.31. The number of hydrogen-bond donors (Lipinski definition) is 0. The molecule has 0 N–H and O–H groups in total. The van der Waals surface area contributed by atoms with Crippen LogP contribution in [-0.2, 0) is 40.1 Å². The standard InChI is InChI=1S/C32H74O9Si4/c1-11-17-21-33-25-29-42(7,37-15-5)39-44(9,31-27-35-23-19-13-3)41-45(10,32-28-36-24-20-14-4)40-43(8,38-16-6)30-26-34-22-18-12-2/h11-32H2,1-10H3. The molecule has 0 aliphatic carbocycles. The molecule has 0 spiro atoms. The van der Waals surface area contributed by atoms with Crippen molar-refractivity contribution >= 4 is 34.2 Å². The van der Waals surface area contributed by atoms with E-state index in [4.69, 9.17) is 40.1 Å². The van der Waals surface area contributed by atoms with Crippen molar-refractivity contribution in [2.75, 3.05) is 66.1 Å². The summed E-state index contributed by atoms with van der Waals surface area (Å²) in [5.74, 6) is 0. The van der Waals surface area contributed by atoms with E-state index in [0.29, 0.717) is 51.7 Å². The van der Waals surface area contributed by atoms with Crippen molar-refractivity contribution in [2.45, 2.75) is 143 Å². The van der Waals surface area contributed by atoms with E-state index in [9.17, 15) is 0 Å². The molecular formula is C32H74O9Si4. The minimum absolute atomic E-state index is 0.592. The Morgan fingerprint density at radius 2 is 0.578 bits per heavy atom. The summed E-state index contributed by atoms with van der Waals surface area (Å²) in [6.07, 6.45) is 8.66. The van der Waals surface area contributed by atoms with Gasteiger partial charge in [-0.25, -0.2) is 0 Å². The Balaban J connectivity index is 6.17. The summed E-state index contributed by atoms with van der Waals surface area (Å²) in [5.41, 5.74) is 0. The van der Waals surface area contributed by atoms with Crippen LogP contribution in [0, 0.1) is 0 Å². The second-order valence-electron chi connectivity index (χ2n) is 12.6. The smallest absolute Gasteiger partial charge is 0.328 e. The van der Waals surface area contributed by atoms with Crippen LogP contribution in [0.25, 0.3) is 0 Å². The highest BCUT2D eigenvalue weighted by atomic mass is 28.5. The van der Waals surface area contributed by atoms with Gasteiger partial charge in [-0.15, -0.1) is 0 Å². The summed E-state index contributed by atoms with van der Waals surface area (Å²) in [5, 5.41) is 0. The van der Waals surface area contributed by atoms with Gasteiger partial charge in [0, 0.05) is 90.2 Å². The highest BCUT2D eigenvalue weighted by molar-refractivity contribution is 6.88. The second-order valence-corrected chi connectivity index (χ2v) is 26.7. The first-order valence-electron chi connectivity index (χ1n) is 18.2. The normalized spacial score (nSPS) is 17.5. The van der Waals surface area contributed by atoms with E-state index >= 15 is 0 Å². The zero-order valence-corrected chi connectivity index (χ0v) is 35.2. The molecule has 4 unspecified atom stereocenters. The summed E-state index contributed by atoms with van der Waals surface area (Å²) < 4.78 is 58.5. The van der Waals surface area contributed by atoms with Gasteiger partial charge in [-0.2, -0.15) is 0 Å². The first-order chi connectivity index (χ1) is 21.5. The molecule has 0 aliphatic heterocycles. The predicted molar refractivity (Wildman–Crippen MR) is 195 cm³/mol. The number of rotatable bonds is 34. The van der Waals surface area contributed by atoms with Gasteiger partial charge in [-0.05, 0) is 65.7 Å². The molecule has 4 atom stereocenters. The molecule has 0 rings (SSSR count). The Labute approximate surface area is 283 Å². The van der Waals surface area contributed by atoms with Gasteiger partial charge in [0.05, 0.1) is 0 Å². The molecule has 0 amide bonds. The van der Waals surface area contributed by atoms with Crippen LogP contribution < -0.4 is 0 Å². The largest absolute Gasteiger partial charge is 0.415 e. The first kappa shape index (κ1) is 45.5. The third-order valence-electron chi connectivity index (χ3n) is 7.57. The van der Waals surface area contributed by atoms with E-state index in [2.05, 4.69) is 53.9 Å². The van der Waals surface area contributed by atoms with Gasteiger partial charge < -0.3 is 40.1 Å². The van der Waals surface area contributed by atoms with Crippen LogP contribution in [0.2, 0.25) is 50.4 Å². The second kappa shape index (κ2) is 27.3. The molecule has 0 aromatic rings. The minimum atomic E-state index is -2.87. The van der Waals surface area contributed by atoms with Gasteiger partial charge in [0.15, 0.2) is 0 Å². The topological polar surface area (TPSA) is 83.1 Å². The van der Waals surface area contributed by atoms with E-state index in [0.717, 1.165) is 89.9 Å². The first-order valence-corrected chi connectivity index (χ1v) is 28.3. The summed E-state index contributed by atoms with van der Waals surface area (Å²) >= 11 is 0. The van der Waals surface area contributed by atoms with Crippen molar-refractivity contribution in [3.05, 3.63) is 0 Å². The van der Waals surface area contributed by atoms with E-state index < -0.39 is 34.2 Å². The average Bonchev–Trinajstić information content (AvgIpc) is 2.96. The van der Waals surface area contributed by atoms with Crippen molar-refractivity contribution in [3.8, 4) is 0 Å². The number of hydrogen-bond acceptors (Lipinski definition) is 9. The lowest BCUT2D eigenvalue weighted by Crippen LogP contribution is -2.61. The summed E-state index contributed by atoms with van der Waals surface area (Å²) in [7, 11) is -11.0. The summed E-state index contributed by atoms with van der Waals surface area (Å²) in [6, 6.07) is 2.93.